The van der Waals surface area contributed by atoms with Crippen molar-refractivity contribution >= 4 is 5.97 Å². The third-order valence-corrected chi connectivity index (χ3v) is 9.79. The minimum Gasteiger partial charge on any atom is -0.462 e. The predicted molar refractivity (Wildman–Crippen MR) is 95.7 cm³/mol. The summed E-state index contributed by atoms with van der Waals surface area (Å²) in [5.74, 6) is 4.14. The molecule has 0 aromatic carbocycles. The maximum atomic E-state index is 11.6. The molecule has 25 heavy (non-hydrogen) atoms. The average molecular weight is 347 g/mol. The summed E-state index contributed by atoms with van der Waals surface area (Å²) in [4.78, 5) is 11.6. The monoisotopic (exact) mass is 346 g/mol. The number of ether oxygens (including phenoxy) is 1. The Hall–Kier alpha value is -0.570. The van der Waals surface area contributed by atoms with Crippen molar-refractivity contribution in [3.8, 4) is 0 Å². The Bertz CT molecular complexity index is 588. The highest BCUT2D eigenvalue weighted by atomic mass is 16.5. The number of aliphatic hydroxyl groups excluding tert-OH is 1. The molecule has 5 fully saturated rings. The smallest absolute Gasteiger partial charge is 0.302 e. The SMILES string of the molecule is CC(=O)O[C@@H]1CC[C@@H]2[C@@H]3CC[C@H]4C[C@@H]5C[C@@H]5[C@H](O)[C@]4(C)[C@@H]3CC[C@]21C. The molecular formula is C22H34O3. The molecule has 5 aliphatic carbocycles. The lowest BCUT2D eigenvalue weighted by molar-refractivity contribution is -0.178. The number of rotatable bonds is 1. The summed E-state index contributed by atoms with van der Waals surface area (Å²) in [5, 5.41) is 11.2. The van der Waals surface area contributed by atoms with Crippen LogP contribution in [0.15, 0.2) is 0 Å². The second-order valence-electron chi connectivity index (χ2n) is 10.6. The maximum Gasteiger partial charge on any atom is 0.302 e. The van der Waals surface area contributed by atoms with E-state index in [1.54, 1.807) is 6.92 Å². The van der Waals surface area contributed by atoms with Crippen LogP contribution in [0.3, 0.4) is 0 Å². The normalized spacial score (nSPS) is 59.2. The molecule has 0 bridgehead atoms. The van der Waals surface area contributed by atoms with Crippen LogP contribution in [0.4, 0.5) is 0 Å². The molecule has 10 atom stereocenters. The van der Waals surface area contributed by atoms with Crippen molar-refractivity contribution in [1.29, 1.82) is 0 Å². The Morgan fingerprint density at radius 3 is 2.56 bits per heavy atom. The van der Waals surface area contributed by atoms with E-state index in [1.165, 1.54) is 44.9 Å². The molecule has 140 valence electrons. The van der Waals surface area contributed by atoms with Crippen LogP contribution in [-0.2, 0) is 9.53 Å². The standard InChI is InChI=1S/C22H34O3/c1-12(23)25-19-7-6-17-15-5-4-14-10-13-11-16(13)20(24)22(14,3)18(15)8-9-21(17,19)2/h13-20,24H,4-11H2,1-3H3/t13-,14+,15+,16+,17-,18-,19-,20+,21-,22+/m1/s1. The summed E-state index contributed by atoms with van der Waals surface area (Å²) < 4.78 is 5.75. The van der Waals surface area contributed by atoms with E-state index in [1.807, 2.05) is 0 Å². The number of hydrogen-bond acceptors (Lipinski definition) is 3. The van der Waals surface area contributed by atoms with Crippen molar-refractivity contribution in [3.05, 3.63) is 0 Å². The molecule has 0 aromatic heterocycles. The van der Waals surface area contributed by atoms with Gasteiger partial charge in [-0.15, -0.1) is 0 Å². The Morgan fingerprint density at radius 2 is 1.80 bits per heavy atom. The first-order valence-electron chi connectivity index (χ1n) is 10.7. The van der Waals surface area contributed by atoms with E-state index < -0.39 is 0 Å². The molecule has 0 saturated heterocycles. The molecule has 5 aliphatic rings. The van der Waals surface area contributed by atoms with E-state index in [9.17, 15) is 9.90 Å². The van der Waals surface area contributed by atoms with Crippen molar-refractivity contribution in [3.63, 3.8) is 0 Å². The van der Waals surface area contributed by atoms with Gasteiger partial charge in [-0.25, -0.2) is 0 Å². The topological polar surface area (TPSA) is 46.5 Å². The van der Waals surface area contributed by atoms with Crippen LogP contribution in [0.2, 0.25) is 0 Å². The van der Waals surface area contributed by atoms with Crippen molar-refractivity contribution in [2.45, 2.75) is 84.3 Å². The van der Waals surface area contributed by atoms with Gasteiger partial charge in [0, 0.05) is 12.3 Å². The lowest BCUT2D eigenvalue weighted by Crippen LogP contribution is -2.58. The van der Waals surface area contributed by atoms with Gasteiger partial charge in [-0.1, -0.05) is 13.8 Å². The molecule has 0 aromatic rings. The summed E-state index contributed by atoms with van der Waals surface area (Å²) in [5.41, 5.74) is 0.305. The van der Waals surface area contributed by atoms with E-state index >= 15 is 0 Å². The highest BCUT2D eigenvalue weighted by molar-refractivity contribution is 5.66. The molecule has 0 aliphatic heterocycles. The van der Waals surface area contributed by atoms with Crippen molar-refractivity contribution < 1.29 is 14.6 Å². The second kappa shape index (κ2) is 5.24. The summed E-state index contributed by atoms with van der Waals surface area (Å²) in [6, 6.07) is 0. The van der Waals surface area contributed by atoms with Crippen molar-refractivity contribution in [2.75, 3.05) is 0 Å². The molecular weight excluding hydrogens is 312 g/mol. The number of hydrogen-bond donors (Lipinski definition) is 1. The molecule has 0 amide bonds. The van der Waals surface area contributed by atoms with Crippen LogP contribution in [0.1, 0.15) is 72.1 Å². The number of esters is 1. The molecule has 0 unspecified atom stereocenters. The molecule has 5 rings (SSSR count). The van der Waals surface area contributed by atoms with Crippen LogP contribution in [0.5, 0.6) is 0 Å². The fourth-order valence-corrected chi connectivity index (χ4v) is 8.40. The van der Waals surface area contributed by atoms with E-state index in [4.69, 9.17) is 4.74 Å². The van der Waals surface area contributed by atoms with Crippen molar-refractivity contribution in [1.82, 2.24) is 0 Å². The summed E-state index contributed by atoms with van der Waals surface area (Å²) in [7, 11) is 0. The molecule has 1 N–H and O–H groups in total. The summed E-state index contributed by atoms with van der Waals surface area (Å²) in [6.07, 6.45) is 9.97. The van der Waals surface area contributed by atoms with Gasteiger partial charge >= 0.3 is 5.97 Å². The predicted octanol–water partition coefficient (Wildman–Crippen LogP) is 4.18. The fraction of sp³-hybridized carbons (Fsp3) is 0.955. The number of fused-ring (bicyclic) bond motifs is 6. The lowest BCUT2D eigenvalue weighted by atomic mass is 9.44. The van der Waals surface area contributed by atoms with E-state index in [-0.39, 0.29) is 29.0 Å². The van der Waals surface area contributed by atoms with Crippen molar-refractivity contribution in [2.24, 2.45) is 46.3 Å². The second-order valence-corrected chi connectivity index (χ2v) is 10.6. The Kier molecular flexibility index (Phi) is 3.48. The van der Waals surface area contributed by atoms with Crippen LogP contribution < -0.4 is 0 Å². The van der Waals surface area contributed by atoms with Crippen LogP contribution in [0, 0.1) is 46.3 Å². The minimum atomic E-state index is -0.118. The van der Waals surface area contributed by atoms with Crippen LogP contribution >= 0.6 is 0 Å². The first-order valence-corrected chi connectivity index (χ1v) is 10.7. The van der Waals surface area contributed by atoms with Gasteiger partial charge in [0.1, 0.15) is 6.10 Å². The number of carbonyl (C=O) groups is 1. The largest absolute Gasteiger partial charge is 0.462 e. The summed E-state index contributed by atoms with van der Waals surface area (Å²) >= 11 is 0. The first kappa shape index (κ1) is 16.6. The number of aliphatic hydroxyl groups is 1. The van der Waals surface area contributed by atoms with Crippen LogP contribution in [-0.4, -0.2) is 23.3 Å². The van der Waals surface area contributed by atoms with Gasteiger partial charge in [-0.05, 0) is 92.3 Å². The minimum absolute atomic E-state index is 0.0703. The van der Waals surface area contributed by atoms with E-state index in [2.05, 4.69) is 13.8 Å². The third kappa shape index (κ3) is 2.11. The van der Waals surface area contributed by atoms with Gasteiger partial charge in [-0.3, -0.25) is 4.79 Å². The molecule has 3 nitrogen and oxygen atoms in total. The van der Waals surface area contributed by atoms with Gasteiger partial charge in [0.15, 0.2) is 0 Å². The Labute approximate surface area is 151 Å². The lowest BCUT2D eigenvalue weighted by Gasteiger charge is -2.61. The summed E-state index contributed by atoms with van der Waals surface area (Å²) in [6.45, 7) is 6.38. The molecule has 0 spiro atoms. The number of carbonyl (C=O) groups excluding carboxylic acids is 1. The zero-order valence-corrected chi connectivity index (χ0v) is 16.0. The van der Waals surface area contributed by atoms with E-state index in [0.29, 0.717) is 17.8 Å². The Morgan fingerprint density at radius 1 is 1.00 bits per heavy atom. The first-order chi connectivity index (χ1) is 11.9. The fourth-order valence-electron chi connectivity index (χ4n) is 8.40. The van der Waals surface area contributed by atoms with Crippen LogP contribution in [0.25, 0.3) is 0 Å². The molecule has 5 saturated carbocycles. The zero-order valence-electron chi connectivity index (χ0n) is 16.0. The van der Waals surface area contributed by atoms with Gasteiger partial charge in [-0.2, -0.15) is 0 Å². The quantitative estimate of drug-likeness (QED) is 0.725. The highest BCUT2D eigenvalue weighted by Crippen LogP contribution is 2.70. The van der Waals surface area contributed by atoms with E-state index in [0.717, 1.165) is 24.2 Å². The molecule has 3 heteroatoms. The average Bonchev–Trinajstić information content (AvgIpc) is 3.26. The van der Waals surface area contributed by atoms with Gasteiger partial charge < -0.3 is 9.84 Å². The van der Waals surface area contributed by atoms with Gasteiger partial charge in [0.25, 0.3) is 0 Å². The molecule has 0 radical (unpaired) electrons. The van der Waals surface area contributed by atoms with Gasteiger partial charge in [0.2, 0.25) is 0 Å². The Balaban J connectivity index is 1.44. The maximum absolute atomic E-state index is 11.6. The van der Waals surface area contributed by atoms with Gasteiger partial charge in [0.05, 0.1) is 6.10 Å². The molecule has 0 heterocycles. The highest BCUT2D eigenvalue weighted by Gasteiger charge is 2.66. The third-order valence-electron chi connectivity index (χ3n) is 9.79. The zero-order chi connectivity index (χ0) is 17.6.